The summed E-state index contributed by atoms with van der Waals surface area (Å²) in [5.74, 6) is 0.0640. The minimum Gasteiger partial charge on any atom is -0.347 e. The predicted octanol–water partition coefficient (Wildman–Crippen LogP) is 2.55. The maximum atomic E-state index is 12.8. The first-order valence-electron chi connectivity index (χ1n) is 9.52. The van der Waals surface area contributed by atoms with Gasteiger partial charge < -0.3 is 15.1 Å². The molecule has 2 amide bonds. The molecular weight excluding hydrogens is 371 g/mol. The van der Waals surface area contributed by atoms with Gasteiger partial charge in [0.05, 0.1) is 12.1 Å². The molecule has 1 N–H and O–H groups in total. The number of rotatable bonds is 7. The lowest BCUT2D eigenvalue weighted by atomic mass is 9.96. The number of likely N-dealkylation sites (N-methyl/N-ethyl adjacent to an activating group) is 1. The van der Waals surface area contributed by atoms with E-state index in [9.17, 15) is 22.8 Å². The number of alkyl halides is 3. The fraction of sp³-hybridized carbons (Fsp3) is 0.600. The number of nitrogens with one attached hydrogen (secondary N) is 1. The molecule has 0 aliphatic carbocycles. The van der Waals surface area contributed by atoms with Crippen molar-refractivity contribution in [1.29, 1.82) is 0 Å². The molecule has 156 valence electrons. The van der Waals surface area contributed by atoms with Gasteiger partial charge in [0, 0.05) is 27.1 Å². The summed E-state index contributed by atoms with van der Waals surface area (Å²) in [6.45, 7) is 4.52. The summed E-state index contributed by atoms with van der Waals surface area (Å²) >= 11 is 0. The predicted molar refractivity (Wildman–Crippen MR) is 101 cm³/mol. The van der Waals surface area contributed by atoms with Gasteiger partial charge >= 0.3 is 6.18 Å². The molecule has 1 saturated heterocycles. The van der Waals surface area contributed by atoms with Crippen molar-refractivity contribution in [2.75, 3.05) is 39.8 Å². The standard InChI is InChI=1S/C20H28F3N3O2/c1-15(27)24-13-19(28)25(2)14-17-7-10-26(11-8-17)9-6-16-4-3-5-18(12-16)20(21,22)23/h3-5,12,17H,6-11,13-14H2,1-2H3,(H,24,27). The van der Waals surface area contributed by atoms with Crippen molar-refractivity contribution in [3.8, 4) is 0 Å². The fourth-order valence-electron chi connectivity index (χ4n) is 3.41. The molecule has 1 aliphatic rings. The van der Waals surface area contributed by atoms with E-state index in [0.717, 1.165) is 38.5 Å². The van der Waals surface area contributed by atoms with Crippen molar-refractivity contribution in [3.63, 3.8) is 0 Å². The van der Waals surface area contributed by atoms with Crippen molar-refractivity contribution < 1.29 is 22.8 Å². The van der Waals surface area contributed by atoms with Crippen molar-refractivity contribution in [2.45, 2.75) is 32.4 Å². The smallest absolute Gasteiger partial charge is 0.347 e. The van der Waals surface area contributed by atoms with Crippen LogP contribution in [0.25, 0.3) is 0 Å². The zero-order valence-electron chi connectivity index (χ0n) is 16.4. The van der Waals surface area contributed by atoms with Crippen LogP contribution in [0.3, 0.4) is 0 Å². The lowest BCUT2D eigenvalue weighted by Crippen LogP contribution is -2.42. The van der Waals surface area contributed by atoms with Crippen LogP contribution in [-0.4, -0.2) is 61.4 Å². The normalized spacial score (nSPS) is 16.0. The molecule has 5 nitrogen and oxygen atoms in total. The molecule has 1 fully saturated rings. The highest BCUT2D eigenvalue weighted by molar-refractivity contribution is 5.83. The zero-order valence-corrected chi connectivity index (χ0v) is 16.4. The average molecular weight is 399 g/mol. The van der Waals surface area contributed by atoms with Crippen LogP contribution in [0.2, 0.25) is 0 Å². The molecule has 1 aliphatic heterocycles. The Kier molecular flexibility index (Phi) is 7.86. The number of likely N-dealkylation sites (tertiary alicyclic amines) is 1. The number of piperidine rings is 1. The molecule has 0 bridgehead atoms. The van der Waals surface area contributed by atoms with Crippen LogP contribution in [0.15, 0.2) is 24.3 Å². The monoisotopic (exact) mass is 399 g/mol. The highest BCUT2D eigenvalue weighted by Crippen LogP contribution is 2.29. The van der Waals surface area contributed by atoms with Crippen LogP contribution in [0.4, 0.5) is 13.2 Å². The average Bonchev–Trinajstić information content (AvgIpc) is 2.65. The Morgan fingerprint density at radius 3 is 2.54 bits per heavy atom. The third-order valence-corrected chi connectivity index (χ3v) is 5.12. The summed E-state index contributed by atoms with van der Waals surface area (Å²) in [6.07, 6.45) is -1.83. The summed E-state index contributed by atoms with van der Waals surface area (Å²) in [5.41, 5.74) is 0.0934. The molecule has 8 heteroatoms. The molecule has 1 aromatic rings. The molecule has 1 heterocycles. The Labute approximate surface area is 163 Å². The van der Waals surface area contributed by atoms with E-state index in [4.69, 9.17) is 0 Å². The molecular formula is C20H28F3N3O2. The van der Waals surface area contributed by atoms with Crippen molar-refractivity contribution >= 4 is 11.8 Å². The molecule has 0 atom stereocenters. The van der Waals surface area contributed by atoms with E-state index in [1.807, 2.05) is 0 Å². The maximum Gasteiger partial charge on any atom is 0.416 e. The number of halogens is 3. The number of hydrogen-bond donors (Lipinski definition) is 1. The van der Waals surface area contributed by atoms with Gasteiger partial charge in [0.2, 0.25) is 11.8 Å². The lowest BCUT2D eigenvalue weighted by Gasteiger charge is -2.34. The van der Waals surface area contributed by atoms with Gasteiger partial charge in [-0.1, -0.05) is 18.2 Å². The second-order valence-electron chi connectivity index (χ2n) is 7.42. The first-order chi connectivity index (χ1) is 13.1. The van der Waals surface area contributed by atoms with Gasteiger partial charge in [-0.2, -0.15) is 13.2 Å². The third-order valence-electron chi connectivity index (χ3n) is 5.12. The molecule has 0 saturated carbocycles. The van der Waals surface area contributed by atoms with Gasteiger partial charge in [0.25, 0.3) is 0 Å². The summed E-state index contributed by atoms with van der Waals surface area (Å²) < 4.78 is 38.4. The maximum absolute atomic E-state index is 12.8. The first kappa shape index (κ1) is 22.2. The van der Waals surface area contributed by atoms with Crippen LogP contribution < -0.4 is 5.32 Å². The van der Waals surface area contributed by atoms with E-state index in [-0.39, 0.29) is 18.4 Å². The van der Waals surface area contributed by atoms with Crippen LogP contribution in [0.5, 0.6) is 0 Å². The molecule has 2 rings (SSSR count). The third kappa shape index (κ3) is 7.14. The van der Waals surface area contributed by atoms with Gasteiger partial charge in [-0.25, -0.2) is 0 Å². The van der Waals surface area contributed by atoms with Crippen LogP contribution >= 0.6 is 0 Å². The summed E-state index contributed by atoms with van der Waals surface area (Å²) in [4.78, 5) is 26.8. The second-order valence-corrected chi connectivity index (χ2v) is 7.42. The highest BCUT2D eigenvalue weighted by Gasteiger charge is 2.30. The Balaban J connectivity index is 1.72. The number of nitrogens with zero attached hydrogens (tertiary/aromatic N) is 2. The SMILES string of the molecule is CC(=O)NCC(=O)N(C)CC1CCN(CCc2cccc(C(F)(F)F)c2)CC1. The zero-order chi connectivity index (χ0) is 20.7. The molecule has 28 heavy (non-hydrogen) atoms. The first-order valence-corrected chi connectivity index (χ1v) is 9.52. The lowest BCUT2D eigenvalue weighted by molar-refractivity contribution is -0.137. The van der Waals surface area contributed by atoms with Crippen LogP contribution in [0.1, 0.15) is 30.9 Å². The summed E-state index contributed by atoms with van der Waals surface area (Å²) in [7, 11) is 1.74. The highest BCUT2D eigenvalue weighted by atomic mass is 19.4. The van der Waals surface area contributed by atoms with E-state index in [0.29, 0.717) is 24.4 Å². The number of carbonyl (C=O) groups excluding carboxylic acids is 2. The Bertz CT molecular complexity index is 671. The number of amides is 2. The molecule has 1 aromatic carbocycles. The van der Waals surface area contributed by atoms with E-state index in [2.05, 4.69) is 10.2 Å². The van der Waals surface area contributed by atoms with E-state index >= 15 is 0 Å². The quantitative estimate of drug-likeness (QED) is 0.767. The van der Waals surface area contributed by atoms with Crippen LogP contribution in [-0.2, 0) is 22.2 Å². The Morgan fingerprint density at radius 1 is 1.25 bits per heavy atom. The number of benzene rings is 1. The second kappa shape index (κ2) is 9.91. The van der Waals surface area contributed by atoms with Gasteiger partial charge in [-0.05, 0) is 49.9 Å². The van der Waals surface area contributed by atoms with E-state index in [1.54, 1.807) is 18.0 Å². The molecule has 0 unspecified atom stereocenters. The van der Waals surface area contributed by atoms with Crippen LogP contribution in [0, 0.1) is 5.92 Å². The van der Waals surface area contributed by atoms with Crippen molar-refractivity contribution in [3.05, 3.63) is 35.4 Å². The van der Waals surface area contributed by atoms with Gasteiger partial charge in [-0.3, -0.25) is 9.59 Å². The Morgan fingerprint density at radius 2 is 1.93 bits per heavy atom. The number of carbonyl (C=O) groups is 2. The van der Waals surface area contributed by atoms with E-state index in [1.165, 1.54) is 19.1 Å². The van der Waals surface area contributed by atoms with E-state index < -0.39 is 11.7 Å². The minimum atomic E-state index is -4.31. The summed E-state index contributed by atoms with van der Waals surface area (Å²) in [6, 6.07) is 5.51. The summed E-state index contributed by atoms with van der Waals surface area (Å²) in [5, 5.41) is 2.51. The molecule has 0 aromatic heterocycles. The van der Waals surface area contributed by atoms with Gasteiger partial charge in [0.1, 0.15) is 0 Å². The number of hydrogen-bond acceptors (Lipinski definition) is 3. The van der Waals surface area contributed by atoms with Crippen molar-refractivity contribution in [1.82, 2.24) is 15.1 Å². The van der Waals surface area contributed by atoms with Crippen molar-refractivity contribution in [2.24, 2.45) is 5.92 Å². The minimum absolute atomic E-state index is 0.0155. The largest absolute Gasteiger partial charge is 0.416 e. The molecule has 0 radical (unpaired) electrons. The van der Waals surface area contributed by atoms with Gasteiger partial charge in [0.15, 0.2) is 0 Å². The van der Waals surface area contributed by atoms with Gasteiger partial charge in [-0.15, -0.1) is 0 Å². The topological polar surface area (TPSA) is 52.7 Å². The fourth-order valence-corrected chi connectivity index (χ4v) is 3.41. The Hall–Kier alpha value is -2.09. The molecule has 0 spiro atoms.